The van der Waals surface area contributed by atoms with E-state index in [0.717, 1.165) is 0 Å². The van der Waals surface area contributed by atoms with Crippen LogP contribution in [0.3, 0.4) is 0 Å². The summed E-state index contributed by atoms with van der Waals surface area (Å²) in [5.41, 5.74) is 8.82. The molecule has 1 aromatic carbocycles. The van der Waals surface area contributed by atoms with E-state index in [1.54, 1.807) is 18.2 Å². The molecule has 0 heterocycles. The highest BCUT2D eigenvalue weighted by Crippen LogP contribution is 2.16. The molecule has 1 N–H and O–H groups in total. The van der Waals surface area contributed by atoms with E-state index in [4.69, 9.17) is 22.2 Å². The van der Waals surface area contributed by atoms with E-state index in [9.17, 15) is 4.79 Å². The molecule has 82 valence electrons. The van der Waals surface area contributed by atoms with Crippen molar-refractivity contribution in [3.8, 4) is 0 Å². The molecule has 0 fully saturated rings. The number of halogens is 1. The van der Waals surface area contributed by atoms with E-state index in [1.807, 2.05) is 0 Å². The number of carboxylic acid groups (broad SMARTS) is 1. The smallest absolute Gasteiger partial charge is 0.335 e. The zero-order valence-electron chi connectivity index (χ0n) is 8.17. The van der Waals surface area contributed by atoms with Gasteiger partial charge < -0.3 is 5.11 Å². The fraction of sp³-hybridized carbons (Fsp3) is 0.100. The molecular weight excluding hydrogens is 230 g/mol. The van der Waals surface area contributed by atoms with Gasteiger partial charge in [0, 0.05) is 16.5 Å². The summed E-state index contributed by atoms with van der Waals surface area (Å²) in [7, 11) is 0. The van der Waals surface area contributed by atoms with Gasteiger partial charge in [-0.15, -0.1) is 0 Å². The summed E-state index contributed by atoms with van der Waals surface area (Å²) in [5.74, 6) is -1.04. The van der Waals surface area contributed by atoms with Gasteiger partial charge in [-0.3, -0.25) is 0 Å². The zero-order valence-corrected chi connectivity index (χ0v) is 8.92. The van der Waals surface area contributed by atoms with Crippen LogP contribution < -0.4 is 0 Å². The zero-order chi connectivity index (χ0) is 12.0. The molecule has 0 atom stereocenters. The number of benzene rings is 1. The molecule has 0 amide bonds. The van der Waals surface area contributed by atoms with Gasteiger partial charge in [-0.2, -0.15) is 0 Å². The Balaban J connectivity index is 2.92. The van der Waals surface area contributed by atoms with Crippen molar-refractivity contribution < 1.29 is 9.90 Å². The predicted molar refractivity (Wildman–Crippen MR) is 61.5 cm³/mol. The third-order valence-electron chi connectivity index (χ3n) is 1.73. The fourth-order valence-corrected chi connectivity index (χ4v) is 1.35. The molecule has 0 aliphatic heterocycles. The Morgan fingerprint density at radius 2 is 2.31 bits per heavy atom. The summed E-state index contributed by atoms with van der Waals surface area (Å²) in [6.45, 7) is 0.214. The Morgan fingerprint density at radius 1 is 1.56 bits per heavy atom. The summed E-state index contributed by atoms with van der Waals surface area (Å²) in [5, 5.41) is 12.5. The highest BCUT2D eigenvalue weighted by atomic mass is 35.5. The minimum atomic E-state index is -1.04. The lowest BCUT2D eigenvalue weighted by Crippen LogP contribution is -1.96. The van der Waals surface area contributed by atoms with Crippen molar-refractivity contribution >= 4 is 23.6 Å². The second-order valence-electron chi connectivity index (χ2n) is 2.89. The van der Waals surface area contributed by atoms with Gasteiger partial charge in [0.15, 0.2) is 0 Å². The lowest BCUT2D eigenvalue weighted by Gasteiger charge is -1.99. The van der Waals surface area contributed by atoms with Crippen LogP contribution >= 0.6 is 11.6 Å². The van der Waals surface area contributed by atoms with Crippen molar-refractivity contribution in [3.05, 3.63) is 50.9 Å². The van der Waals surface area contributed by atoms with E-state index in [0.29, 0.717) is 10.6 Å². The summed E-state index contributed by atoms with van der Waals surface area (Å²) < 4.78 is 0. The molecule has 0 saturated carbocycles. The molecular formula is C10H8ClN3O2. The maximum atomic E-state index is 10.7. The van der Waals surface area contributed by atoms with Crippen molar-refractivity contribution in [1.29, 1.82) is 0 Å². The summed E-state index contributed by atoms with van der Waals surface area (Å²) in [4.78, 5) is 13.3. The first-order chi connectivity index (χ1) is 7.63. The highest BCUT2D eigenvalue weighted by Gasteiger charge is 2.04. The van der Waals surface area contributed by atoms with Crippen LogP contribution in [0.4, 0.5) is 0 Å². The Morgan fingerprint density at radius 3 is 2.94 bits per heavy atom. The topological polar surface area (TPSA) is 86.1 Å². The van der Waals surface area contributed by atoms with E-state index < -0.39 is 5.97 Å². The van der Waals surface area contributed by atoms with E-state index in [-0.39, 0.29) is 12.1 Å². The van der Waals surface area contributed by atoms with Crippen LogP contribution in [0.25, 0.3) is 16.5 Å². The van der Waals surface area contributed by atoms with Crippen LogP contribution in [0.15, 0.2) is 29.4 Å². The monoisotopic (exact) mass is 237 g/mol. The van der Waals surface area contributed by atoms with Crippen molar-refractivity contribution in [2.45, 2.75) is 0 Å². The van der Waals surface area contributed by atoms with Crippen LogP contribution in [0.2, 0.25) is 5.02 Å². The third kappa shape index (κ3) is 3.65. The first-order valence-electron chi connectivity index (χ1n) is 4.35. The quantitative estimate of drug-likeness (QED) is 0.494. The molecule has 0 radical (unpaired) electrons. The minimum absolute atomic E-state index is 0.121. The summed E-state index contributed by atoms with van der Waals surface area (Å²) >= 11 is 5.75. The van der Waals surface area contributed by atoms with Crippen molar-refractivity contribution in [2.75, 3.05) is 6.54 Å². The van der Waals surface area contributed by atoms with Gasteiger partial charge in [0.2, 0.25) is 0 Å². The third-order valence-corrected chi connectivity index (χ3v) is 1.95. The minimum Gasteiger partial charge on any atom is -0.478 e. The standard InChI is InChI=1S/C10H8ClN3O2/c11-9-5-7(2-1-3-13-14-12)4-8(6-9)10(15)16/h1-2,4-6H,3H2,(H,15,16). The van der Waals surface area contributed by atoms with Gasteiger partial charge >= 0.3 is 5.97 Å². The predicted octanol–water partition coefficient (Wildman–Crippen LogP) is 3.36. The van der Waals surface area contributed by atoms with Crippen LogP contribution in [-0.4, -0.2) is 17.6 Å². The SMILES string of the molecule is [N-]=[N+]=NCC=Cc1cc(Cl)cc(C(=O)O)c1. The van der Waals surface area contributed by atoms with Crippen LogP contribution in [0, 0.1) is 0 Å². The Labute approximate surface area is 96.6 Å². The second-order valence-corrected chi connectivity index (χ2v) is 3.33. The van der Waals surface area contributed by atoms with Gasteiger partial charge in [0.05, 0.1) is 5.56 Å². The van der Waals surface area contributed by atoms with Crippen molar-refractivity contribution in [2.24, 2.45) is 5.11 Å². The van der Waals surface area contributed by atoms with Crippen LogP contribution in [-0.2, 0) is 0 Å². The normalized spacial score (nSPS) is 10.1. The lowest BCUT2D eigenvalue weighted by atomic mass is 10.1. The van der Waals surface area contributed by atoms with Gasteiger partial charge in [-0.1, -0.05) is 28.9 Å². The number of hydrogen-bond donors (Lipinski definition) is 1. The van der Waals surface area contributed by atoms with Crippen LogP contribution in [0.5, 0.6) is 0 Å². The lowest BCUT2D eigenvalue weighted by molar-refractivity contribution is 0.0697. The van der Waals surface area contributed by atoms with Gasteiger partial charge in [-0.25, -0.2) is 4.79 Å². The molecule has 0 aliphatic rings. The van der Waals surface area contributed by atoms with E-state index >= 15 is 0 Å². The summed E-state index contributed by atoms with van der Waals surface area (Å²) in [6, 6.07) is 4.48. The molecule has 0 aliphatic carbocycles. The molecule has 5 nitrogen and oxygen atoms in total. The molecule has 0 saturated heterocycles. The second kappa shape index (κ2) is 5.80. The largest absolute Gasteiger partial charge is 0.478 e. The maximum Gasteiger partial charge on any atom is 0.335 e. The van der Waals surface area contributed by atoms with Gasteiger partial charge in [-0.05, 0) is 29.3 Å². The first kappa shape index (κ1) is 12.1. The molecule has 0 bridgehead atoms. The van der Waals surface area contributed by atoms with Crippen molar-refractivity contribution in [3.63, 3.8) is 0 Å². The number of rotatable bonds is 4. The fourth-order valence-electron chi connectivity index (χ4n) is 1.10. The van der Waals surface area contributed by atoms with Crippen molar-refractivity contribution in [1.82, 2.24) is 0 Å². The number of hydrogen-bond acceptors (Lipinski definition) is 2. The van der Waals surface area contributed by atoms with Crippen LogP contribution in [0.1, 0.15) is 15.9 Å². The molecule has 6 heteroatoms. The molecule has 0 spiro atoms. The maximum absolute atomic E-state index is 10.7. The highest BCUT2D eigenvalue weighted by molar-refractivity contribution is 6.31. The molecule has 0 unspecified atom stereocenters. The van der Waals surface area contributed by atoms with E-state index in [1.165, 1.54) is 12.1 Å². The number of azide groups is 1. The molecule has 0 aromatic heterocycles. The summed E-state index contributed by atoms with van der Waals surface area (Å²) in [6.07, 6.45) is 3.27. The first-order valence-corrected chi connectivity index (χ1v) is 4.72. The van der Waals surface area contributed by atoms with Gasteiger partial charge in [0.25, 0.3) is 0 Å². The number of nitrogens with zero attached hydrogens (tertiary/aromatic N) is 3. The van der Waals surface area contributed by atoms with E-state index in [2.05, 4.69) is 10.0 Å². The average Bonchev–Trinajstić information content (AvgIpc) is 2.23. The average molecular weight is 238 g/mol. The van der Waals surface area contributed by atoms with Gasteiger partial charge in [0.1, 0.15) is 0 Å². The molecule has 16 heavy (non-hydrogen) atoms. The Bertz CT molecular complexity index is 479. The Hall–Kier alpha value is -1.97. The molecule has 1 aromatic rings. The Kier molecular flexibility index (Phi) is 4.39. The molecule has 1 rings (SSSR count). The number of carbonyl (C=O) groups is 1. The number of carboxylic acids is 1. The number of aromatic carboxylic acids is 1.